The second kappa shape index (κ2) is 10.3. The van der Waals surface area contributed by atoms with Crippen LogP contribution in [0.1, 0.15) is 43.4 Å². The van der Waals surface area contributed by atoms with Crippen LogP contribution in [0.25, 0.3) is 0 Å². The van der Waals surface area contributed by atoms with Gasteiger partial charge in [0.05, 0.1) is 18.1 Å². The number of piperidine rings is 1. The lowest BCUT2D eigenvalue weighted by molar-refractivity contribution is -0.141. The zero-order valence-corrected chi connectivity index (χ0v) is 21.0. The summed E-state index contributed by atoms with van der Waals surface area (Å²) in [5.74, 6) is -0.295. The van der Waals surface area contributed by atoms with Crippen LogP contribution in [0, 0.1) is 0 Å². The molecule has 1 aromatic carbocycles. The van der Waals surface area contributed by atoms with Crippen LogP contribution in [-0.4, -0.2) is 50.7 Å². The van der Waals surface area contributed by atoms with E-state index in [1.807, 2.05) is 24.3 Å². The van der Waals surface area contributed by atoms with Crippen LogP contribution < -0.4 is 20.3 Å². The summed E-state index contributed by atoms with van der Waals surface area (Å²) in [5, 5.41) is 4.99. The molecule has 0 spiro atoms. The van der Waals surface area contributed by atoms with Gasteiger partial charge in [-0.2, -0.15) is 13.2 Å². The number of benzene rings is 1. The van der Waals surface area contributed by atoms with Crippen molar-refractivity contribution in [2.24, 2.45) is 0 Å². The Morgan fingerprint density at radius 3 is 2.38 bits per heavy atom. The highest BCUT2D eigenvalue weighted by molar-refractivity contribution is 7.88. The SMILES string of the molecule is CS(=O)(=O)NCC1(c2ccc(N3CCCC(NC(=O)Nc4ccc(C(F)(F)F)nc4)C3=O)cc2)CCC1. The van der Waals surface area contributed by atoms with Crippen LogP contribution in [0.5, 0.6) is 0 Å². The topological polar surface area (TPSA) is 120 Å². The van der Waals surface area contributed by atoms with E-state index in [0.29, 0.717) is 31.6 Å². The summed E-state index contributed by atoms with van der Waals surface area (Å²) in [7, 11) is -3.31. The minimum atomic E-state index is -4.58. The average molecular weight is 540 g/mol. The largest absolute Gasteiger partial charge is 0.433 e. The van der Waals surface area contributed by atoms with Crippen molar-refractivity contribution in [2.75, 3.05) is 29.6 Å². The van der Waals surface area contributed by atoms with Crippen molar-refractivity contribution < 1.29 is 31.2 Å². The number of halogens is 3. The summed E-state index contributed by atoms with van der Waals surface area (Å²) in [4.78, 5) is 30.4. The molecule has 1 aliphatic heterocycles. The number of alkyl halides is 3. The van der Waals surface area contributed by atoms with Crippen molar-refractivity contribution in [3.63, 3.8) is 0 Å². The fourth-order valence-corrected chi connectivity index (χ4v) is 5.20. The van der Waals surface area contributed by atoms with Crippen LogP contribution in [0.4, 0.5) is 29.3 Å². The Balaban J connectivity index is 1.38. The Kier molecular flexibility index (Phi) is 7.47. The number of anilines is 2. The summed E-state index contributed by atoms with van der Waals surface area (Å²) in [5.41, 5.74) is 0.400. The highest BCUT2D eigenvalue weighted by atomic mass is 32.2. The zero-order chi connectivity index (χ0) is 26.8. The molecule has 37 heavy (non-hydrogen) atoms. The van der Waals surface area contributed by atoms with E-state index in [-0.39, 0.29) is 17.0 Å². The number of nitrogens with zero attached hydrogens (tertiary/aromatic N) is 2. The van der Waals surface area contributed by atoms with E-state index in [1.54, 1.807) is 4.90 Å². The van der Waals surface area contributed by atoms with Gasteiger partial charge >= 0.3 is 12.2 Å². The lowest BCUT2D eigenvalue weighted by Crippen LogP contribution is -2.53. The molecule has 3 N–H and O–H groups in total. The number of carbonyl (C=O) groups is 2. The van der Waals surface area contributed by atoms with E-state index in [0.717, 1.165) is 49.4 Å². The summed E-state index contributed by atoms with van der Waals surface area (Å²) >= 11 is 0. The summed E-state index contributed by atoms with van der Waals surface area (Å²) in [6.45, 7) is 0.797. The quantitative estimate of drug-likeness (QED) is 0.498. The molecule has 13 heteroatoms. The van der Waals surface area contributed by atoms with E-state index in [1.165, 1.54) is 0 Å². The molecule has 3 amide bonds. The van der Waals surface area contributed by atoms with Gasteiger partial charge in [0.2, 0.25) is 15.9 Å². The van der Waals surface area contributed by atoms with Crippen molar-refractivity contribution in [1.82, 2.24) is 15.0 Å². The second-order valence-electron chi connectivity index (χ2n) is 9.49. The fraction of sp³-hybridized carbons (Fsp3) is 0.458. The molecule has 1 saturated carbocycles. The van der Waals surface area contributed by atoms with E-state index >= 15 is 0 Å². The van der Waals surface area contributed by atoms with Crippen molar-refractivity contribution in [3.8, 4) is 0 Å². The van der Waals surface area contributed by atoms with Gasteiger partial charge in [0, 0.05) is 24.2 Å². The molecule has 0 radical (unpaired) electrons. The van der Waals surface area contributed by atoms with Crippen molar-refractivity contribution >= 4 is 33.3 Å². The molecule has 1 saturated heterocycles. The van der Waals surface area contributed by atoms with Crippen LogP contribution in [0.2, 0.25) is 0 Å². The third-order valence-electron chi connectivity index (χ3n) is 6.83. The monoisotopic (exact) mass is 539 g/mol. The first kappa shape index (κ1) is 26.9. The van der Waals surface area contributed by atoms with Crippen LogP contribution >= 0.6 is 0 Å². The third kappa shape index (κ3) is 6.39. The van der Waals surface area contributed by atoms with Gasteiger partial charge in [-0.3, -0.25) is 4.79 Å². The van der Waals surface area contributed by atoms with Crippen LogP contribution in [-0.2, 0) is 26.4 Å². The lowest BCUT2D eigenvalue weighted by atomic mass is 9.64. The Hall–Kier alpha value is -3.19. The molecule has 1 aromatic heterocycles. The number of amides is 3. The van der Waals surface area contributed by atoms with Gasteiger partial charge in [0.15, 0.2) is 0 Å². The van der Waals surface area contributed by atoms with Crippen LogP contribution in [0.3, 0.4) is 0 Å². The van der Waals surface area contributed by atoms with Gasteiger partial charge < -0.3 is 15.5 Å². The molecule has 4 rings (SSSR count). The Labute approximate surface area is 212 Å². The van der Waals surface area contributed by atoms with Gasteiger partial charge in [-0.15, -0.1) is 0 Å². The van der Waals surface area contributed by atoms with Crippen molar-refractivity contribution in [3.05, 3.63) is 53.9 Å². The predicted octanol–water partition coefficient (Wildman–Crippen LogP) is 3.39. The summed E-state index contributed by atoms with van der Waals surface area (Å²) in [6, 6.07) is 7.80. The molecular weight excluding hydrogens is 511 g/mol. The maximum atomic E-state index is 13.1. The minimum absolute atomic E-state index is 0.0662. The van der Waals surface area contributed by atoms with E-state index in [9.17, 15) is 31.2 Å². The number of rotatable bonds is 7. The molecular formula is C24H28F3N5O4S. The molecule has 2 fully saturated rings. The van der Waals surface area contributed by atoms with Crippen LogP contribution in [0.15, 0.2) is 42.6 Å². The molecule has 1 atom stereocenters. The number of hydrogen-bond donors (Lipinski definition) is 3. The Morgan fingerprint density at radius 1 is 1.14 bits per heavy atom. The van der Waals surface area contributed by atoms with Gasteiger partial charge in [-0.1, -0.05) is 18.6 Å². The summed E-state index contributed by atoms with van der Waals surface area (Å²) in [6.07, 6.45) is 1.27. The first-order valence-electron chi connectivity index (χ1n) is 11.8. The minimum Gasteiger partial charge on any atom is -0.326 e. The highest BCUT2D eigenvalue weighted by Gasteiger charge is 2.39. The highest BCUT2D eigenvalue weighted by Crippen LogP contribution is 2.43. The van der Waals surface area contributed by atoms with E-state index in [2.05, 4.69) is 20.3 Å². The summed E-state index contributed by atoms with van der Waals surface area (Å²) < 4.78 is 63.7. The average Bonchev–Trinajstić information content (AvgIpc) is 2.79. The predicted molar refractivity (Wildman–Crippen MR) is 132 cm³/mol. The molecule has 200 valence electrons. The number of carbonyl (C=O) groups excluding carboxylic acids is 2. The lowest BCUT2D eigenvalue weighted by Gasteiger charge is -2.42. The first-order valence-corrected chi connectivity index (χ1v) is 13.7. The fourth-order valence-electron chi connectivity index (χ4n) is 4.66. The first-order chi connectivity index (χ1) is 17.4. The van der Waals surface area contributed by atoms with E-state index < -0.39 is 34.0 Å². The molecule has 2 aromatic rings. The molecule has 2 heterocycles. The Bertz CT molecular complexity index is 1250. The maximum absolute atomic E-state index is 13.1. The zero-order valence-electron chi connectivity index (χ0n) is 20.1. The van der Waals surface area contributed by atoms with Gasteiger partial charge in [0.25, 0.3) is 0 Å². The van der Waals surface area contributed by atoms with Gasteiger partial charge in [-0.05, 0) is 55.5 Å². The van der Waals surface area contributed by atoms with E-state index in [4.69, 9.17) is 0 Å². The molecule has 2 aliphatic rings. The molecule has 1 aliphatic carbocycles. The number of hydrogen-bond acceptors (Lipinski definition) is 5. The number of urea groups is 1. The molecule has 9 nitrogen and oxygen atoms in total. The number of sulfonamides is 1. The maximum Gasteiger partial charge on any atom is 0.433 e. The number of aromatic nitrogens is 1. The Morgan fingerprint density at radius 2 is 1.84 bits per heavy atom. The molecule has 1 unspecified atom stereocenters. The standard InChI is InChI=1S/C24H28F3N5O4S/c1-37(35,36)29-15-23(11-3-12-23)16-5-8-18(9-6-16)32-13-2-4-19(21(32)33)31-22(34)30-17-7-10-20(28-14-17)24(25,26)27/h5-10,14,19,29H,2-4,11-13,15H2,1H3,(H2,30,31,34). The normalized spacial score (nSPS) is 19.7. The molecule has 0 bridgehead atoms. The second-order valence-corrected chi connectivity index (χ2v) is 11.3. The third-order valence-corrected chi connectivity index (χ3v) is 7.50. The van der Waals surface area contributed by atoms with Gasteiger partial charge in [0.1, 0.15) is 11.7 Å². The van der Waals surface area contributed by atoms with Gasteiger partial charge in [-0.25, -0.2) is 22.9 Å². The number of pyridine rings is 1. The number of nitrogens with one attached hydrogen (secondary N) is 3. The van der Waals surface area contributed by atoms with Crippen molar-refractivity contribution in [2.45, 2.75) is 49.7 Å². The smallest absolute Gasteiger partial charge is 0.326 e. The van der Waals surface area contributed by atoms with Crippen molar-refractivity contribution in [1.29, 1.82) is 0 Å².